The molecule has 0 aromatic heterocycles. The molecule has 5 nitrogen and oxygen atoms in total. The van der Waals surface area contributed by atoms with Crippen LogP contribution >= 0.6 is 11.6 Å². The average molecular weight is 301 g/mol. The second-order valence-electron chi connectivity index (χ2n) is 5.64. The van der Waals surface area contributed by atoms with Crippen LogP contribution < -0.4 is 5.32 Å². The van der Waals surface area contributed by atoms with Crippen molar-refractivity contribution in [2.75, 3.05) is 13.2 Å². The van der Waals surface area contributed by atoms with E-state index in [1.807, 2.05) is 0 Å². The summed E-state index contributed by atoms with van der Waals surface area (Å²) < 4.78 is 0. The van der Waals surface area contributed by atoms with Crippen LogP contribution in [0.2, 0.25) is 5.02 Å². The molecule has 0 aliphatic carbocycles. The van der Waals surface area contributed by atoms with Crippen molar-refractivity contribution in [3.63, 3.8) is 0 Å². The number of nitro benzene ring substituents is 1. The normalized spacial score (nSPS) is 11.6. The minimum atomic E-state index is -0.475. The predicted octanol–water partition coefficient (Wildman–Crippen LogP) is 3.14. The Balaban J connectivity index is 2.54. The standard InChI is InChI=1S/C14H21ClN2O3/c1-14(2,6-3-7-18)10-16-9-11-4-5-12(15)13(8-11)17(19)20/h4-5,8,16,18H,3,6-7,9-10H2,1-2H3. The number of aliphatic hydroxyl groups excluding tert-OH is 1. The summed E-state index contributed by atoms with van der Waals surface area (Å²) in [7, 11) is 0. The molecule has 1 rings (SSSR count). The van der Waals surface area contributed by atoms with E-state index in [4.69, 9.17) is 16.7 Å². The highest BCUT2D eigenvalue weighted by Gasteiger charge is 2.17. The zero-order valence-electron chi connectivity index (χ0n) is 11.9. The topological polar surface area (TPSA) is 75.4 Å². The van der Waals surface area contributed by atoms with E-state index in [0.717, 1.165) is 24.9 Å². The van der Waals surface area contributed by atoms with E-state index in [9.17, 15) is 10.1 Å². The molecule has 0 aliphatic heterocycles. The number of rotatable bonds is 8. The maximum atomic E-state index is 10.8. The van der Waals surface area contributed by atoms with Crippen LogP contribution in [0.1, 0.15) is 32.3 Å². The van der Waals surface area contributed by atoms with Crippen molar-refractivity contribution in [2.24, 2.45) is 5.41 Å². The number of aliphatic hydroxyl groups is 1. The molecule has 112 valence electrons. The highest BCUT2D eigenvalue weighted by atomic mass is 35.5. The second-order valence-corrected chi connectivity index (χ2v) is 6.05. The van der Waals surface area contributed by atoms with Gasteiger partial charge in [-0.25, -0.2) is 0 Å². The summed E-state index contributed by atoms with van der Waals surface area (Å²) in [5, 5.41) is 23.1. The van der Waals surface area contributed by atoms with Crippen molar-refractivity contribution in [1.29, 1.82) is 0 Å². The summed E-state index contributed by atoms with van der Waals surface area (Å²) in [4.78, 5) is 10.3. The molecule has 1 aromatic carbocycles. The highest BCUT2D eigenvalue weighted by molar-refractivity contribution is 6.32. The Labute approximate surface area is 124 Å². The van der Waals surface area contributed by atoms with Gasteiger partial charge in [-0.1, -0.05) is 31.5 Å². The molecule has 2 N–H and O–H groups in total. The highest BCUT2D eigenvalue weighted by Crippen LogP contribution is 2.25. The van der Waals surface area contributed by atoms with Gasteiger partial charge < -0.3 is 10.4 Å². The van der Waals surface area contributed by atoms with Gasteiger partial charge in [0, 0.05) is 25.8 Å². The fourth-order valence-electron chi connectivity index (χ4n) is 2.00. The Morgan fingerprint density at radius 1 is 1.45 bits per heavy atom. The van der Waals surface area contributed by atoms with Crippen LogP contribution in [-0.4, -0.2) is 23.2 Å². The third kappa shape index (κ3) is 5.45. The third-order valence-electron chi connectivity index (χ3n) is 3.15. The first kappa shape index (κ1) is 16.9. The zero-order valence-corrected chi connectivity index (χ0v) is 12.6. The predicted molar refractivity (Wildman–Crippen MR) is 79.9 cm³/mol. The van der Waals surface area contributed by atoms with Crippen molar-refractivity contribution in [3.05, 3.63) is 38.9 Å². The zero-order chi connectivity index (χ0) is 15.2. The molecule has 20 heavy (non-hydrogen) atoms. The lowest BCUT2D eigenvalue weighted by atomic mass is 9.88. The number of nitrogens with one attached hydrogen (secondary N) is 1. The Kier molecular flexibility index (Phi) is 6.39. The third-order valence-corrected chi connectivity index (χ3v) is 3.47. The van der Waals surface area contributed by atoms with Crippen LogP contribution in [0, 0.1) is 15.5 Å². The number of halogens is 1. The molecule has 0 unspecified atom stereocenters. The summed E-state index contributed by atoms with van der Waals surface area (Å²) in [5.41, 5.74) is 0.853. The molecule has 0 spiro atoms. The first-order chi connectivity index (χ1) is 9.35. The van der Waals surface area contributed by atoms with Crippen LogP contribution in [-0.2, 0) is 6.54 Å². The van der Waals surface area contributed by atoms with Crippen molar-refractivity contribution in [2.45, 2.75) is 33.2 Å². The van der Waals surface area contributed by atoms with Gasteiger partial charge in [0.1, 0.15) is 5.02 Å². The summed E-state index contributed by atoms with van der Waals surface area (Å²) in [6.07, 6.45) is 1.71. The van der Waals surface area contributed by atoms with Crippen LogP contribution in [0.25, 0.3) is 0 Å². The van der Waals surface area contributed by atoms with Crippen LogP contribution in [0.15, 0.2) is 18.2 Å². The number of benzene rings is 1. The molecule has 6 heteroatoms. The molecule has 0 saturated heterocycles. The van der Waals surface area contributed by atoms with Crippen molar-refractivity contribution in [1.82, 2.24) is 5.32 Å². The lowest BCUT2D eigenvalue weighted by molar-refractivity contribution is -0.384. The van der Waals surface area contributed by atoms with Gasteiger partial charge in [0.2, 0.25) is 0 Å². The van der Waals surface area contributed by atoms with Crippen LogP contribution in [0.5, 0.6) is 0 Å². The van der Waals surface area contributed by atoms with E-state index >= 15 is 0 Å². The van der Waals surface area contributed by atoms with Gasteiger partial charge in [0.05, 0.1) is 4.92 Å². The van der Waals surface area contributed by atoms with E-state index in [-0.39, 0.29) is 22.7 Å². The minimum Gasteiger partial charge on any atom is -0.396 e. The second kappa shape index (κ2) is 7.57. The molecule has 0 saturated carbocycles. The van der Waals surface area contributed by atoms with Crippen LogP contribution in [0.3, 0.4) is 0 Å². The maximum Gasteiger partial charge on any atom is 0.288 e. The van der Waals surface area contributed by atoms with Gasteiger partial charge in [-0.05, 0) is 29.9 Å². The van der Waals surface area contributed by atoms with E-state index < -0.39 is 4.92 Å². The van der Waals surface area contributed by atoms with Crippen molar-refractivity contribution < 1.29 is 10.0 Å². The van der Waals surface area contributed by atoms with Gasteiger partial charge in [0.25, 0.3) is 5.69 Å². The molecule has 0 atom stereocenters. The number of hydrogen-bond acceptors (Lipinski definition) is 4. The molecule has 0 amide bonds. The molecule has 0 fully saturated rings. The number of hydrogen-bond donors (Lipinski definition) is 2. The number of nitrogens with zero attached hydrogens (tertiary/aromatic N) is 1. The lowest BCUT2D eigenvalue weighted by Crippen LogP contribution is -2.29. The minimum absolute atomic E-state index is 0.0643. The van der Waals surface area contributed by atoms with Gasteiger partial charge in [0.15, 0.2) is 0 Å². The molecular formula is C14H21ClN2O3. The summed E-state index contributed by atoms with van der Waals surface area (Å²) >= 11 is 5.77. The summed E-state index contributed by atoms with van der Waals surface area (Å²) in [6, 6.07) is 4.83. The monoisotopic (exact) mass is 300 g/mol. The largest absolute Gasteiger partial charge is 0.396 e. The molecule has 1 aromatic rings. The lowest BCUT2D eigenvalue weighted by Gasteiger charge is -2.24. The Morgan fingerprint density at radius 3 is 2.75 bits per heavy atom. The van der Waals surface area contributed by atoms with Crippen LogP contribution in [0.4, 0.5) is 5.69 Å². The summed E-state index contributed by atoms with van der Waals surface area (Å²) in [6.45, 7) is 5.79. The van der Waals surface area contributed by atoms with Crippen molar-refractivity contribution in [3.8, 4) is 0 Å². The Bertz CT molecular complexity index is 464. The molecule has 0 heterocycles. The van der Waals surface area contributed by atoms with E-state index in [1.54, 1.807) is 12.1 Å². The molecule has 0 bridgehead atoms. The van der Waals surface area contributed by atoms with Gasteiger partial charge >= 0.3 is 0 Å². The number of nitro groups is 1. The Hall–Kier alpha value is -1.17. The first-order valence-corrected chi connectivity index (χ1v) is 6.98. The van der Waals surface area contributed by atoms with Gasteiger partial charge in [-0.3, -0.25) is 10.1 Å². The maximum absolute atomic E-state index is 10.8. The quantitative estimate of drug-likeness (QED) is 0.571. The van der Waals surface area contributed by atoms with Gasteiger partial charge in [-0.2, -0.15) is 0 Å². The smallest absolute Gasteiger partial charge is 0.288 e. The molecule has 0 aliphatic rings. The van der Waals surface area contributed by atoms with Crippen molar-refractivity contribution >= 4 is 17.3 Å². The van der Waals surface area contributed by atoms with E-state index in [1.165, 1.54) is 6.07 Å². The molecular weight excluding hydrogens is 280 g/mol. The fourth-order valence-corrected chi connectivity index (χ4v) is 2.19. The van der Waals surface area contributed by atoms with Gasteiger partial charge in [-0.15, -0.1) is 0 Å². The Morgan fingerprint density at radius 2 is 2.15 bits per heavy atom. The first-order valence-electron chi connectivity index (χ1n) is 6.60. The average Bonchev–Trinajstić information content (AvgIpc) is 2.38. The van der Waals surface area contributed by atoms with E-state index in [2.05, 4.69) is 19.2 Å². The fraction of sp³-hybridized carbons (Fsp3) is 0.571. The molecule has 0 radical (unpaired) electrons. The summed E-state index contributed by atoms with van der Waals surface area (Å²) in [5.74, 6) is 0. The van der Waals surface area contributed by atoms with E-state index in [0.29, 0.717) is 6.54 Å². The SMILES string of the molecule is CC(C)(CCCO)CNCc1ccc(Cl)c([N+](=O)[O-])c1.